The monoisotopic (exact) mass is 214 g/mol. The molecule has 0 spiro atoms. The molecular weight excluding hydrogens is 192 g/mol. The van der Waals surface area contributed by atoms with Gasteiger partial charge in [0.05, 0.1) is 12.7 Å². The van der Waals surface area contributed by atoms with Gasteiger partial charge in [0.1, 0.15) is 6.04 Å². The third-order valence-electron chi connectivity index (χ3n) is 2.84. The average Bonchev–Trinajstić information content (AvgIpc) is 2.25. The lowest BCUT2D eigenvalue weighted by Crippen LogP contribution is -2.45. The molecule has 4 nitrogen and oxygen atoms in total. The number of primary amides is 1. The Labute approximate surface area is 91.5 Å². The second-order valence-corrected chi connectivity index (χ2v) is 4.11. The van der Waals surface area contributed by atoms with E-state index in [-0.39, 0.29) is 11.9 Å². The minimum Gasteiger partial charge on any atom is -0.376 e. The van der Waals surface area contributed by atoms with Gasteiger partial charge >= 0.3 is 0 Å². The molecule has 3 N–H and O–H groups in total. The van der Waals surface area contributed by atoms with Gasteiger partial charge in [-0.2, -0.15) is 0 Å². The van der Waals surface area contributed by atoms with Gasteiger partial charge in [-0.05, 0) is 19.4 Å². The fourth-order valence-electron chi connectivity index (χ4n) is 1.95. The van der Waals surface area contributed by atoms with E-state index < -0.39 is 0 Å². The van der Waals surface area contributed by atoms with E-state index in [1.165, 1.54) is 19.3 Å². The summed E-state index contributed by atoms with van der Waals surface area (Å²) in [6, 6.07) is -0.336. The molecule has 0 heterocycles. The average molecular weight is 214 g/mol. The van der Waals surface area contributed by atoms with E-state index >= 15 is 0 Å². The lowest BCUT2D eigenvalue weighted by Gasteiger charge is -2.24. The third kappa shape index (κ3) is 4.62. The normalized spacial score (nSPS) is 20.1. The Hall–Kier alpha value is -0.610. The van der Waals surface area contributed by atoms with Gasteiger partial charge in [0.2, 0.25) is 5.91 Å². The van der Waals surface area contributed by atoms with Gasteiger partial charge in [-0.15, -0.1) is 0 Å². The maximum Gasteiger partial charge on any atom is 0.236 e. The molecule has 1 aliphatic carbocycles. The zero-order valence-corrected chi connectivity index (χ0v) is 9.50. The van der Waals surface area contributed by atoms with Crippen molar-refractivity contribution in [3.63, 3.8) is 0 Å². The number of hydrogen-bond donors (Lipinski definition) is 2. The summed E-state index contributed by atoms with van der Waals surface area (Å²) in [7, 11) is 0. The lowest BCUT2D eigenvalue weighted by molar-refractivity contribution is -0.122. The number of nitrogens with one attached hydrogen (secondary N) is 1. The van der Waals surface area contributed by atoms with Gasteiger partial charge in [0, 0.05) is 0 Å². The summed E-state index contributed by atoms with van der Waals surface area (Å²) in [5.41, 5.74) is 5.26. The topological polar surface area (TPSA) is 64.3 Å². The summed E-state index contributed by atoms with van der Waals surface area (Å²) in [5.74, 6) is -0.326. The van der Waals surface area contributed by atoms with Crippen molar-refractivity contribution in [1.29, 1.82) is 0 Å². The van der Waals surface area contributed by atoms with E-state index in [4.69, 9.17) is 10.5 Å². The van der Waals surface area contributed by atoms with E-state index in [0.29, 0.717) is 12.7 Å². The van der Waals surface area contributed by atoms with Gasteiger partial charge in [-0.1, -0.05) is 26.2 Å². The van der Waals surface area contributed by atoms with Crippen LogP contribution in [-0.4, -0.2) is 31.2 Å². The Morgan fingerprint density at radius 2 is 2.13 bits per heavy atom. The van der Waals surface area contributed by atoms with Crippen LogP contribution in [0.25, 0.3) is 0 Å². The molecule has 4 heteroatoms. The highest BCUT2D eigenvalue weighted by Crippen LogP contribution is 2.20. The molecule has 1 aliphatic rings. The zero-order valence-electron chi connectivity index (χ0n) is 9.50. The second-order valence-electron chi connectivity index (χ2n) is 4.11. The molecule has 1 rings (SSSR count). The quantitative estimate of drug-likeness (QED) is 0.687. The van der Waals surface area contributed by atoms with Crippen LogP contribution in [0.2, 0.25) is 0 Å². The number of rotatable bonds is 6. The molecule has 1 unspecified atom stereocenters. The molecule has 0 aromatic rings. The highest BCUT2D eigenvalue weighted by Gasteiger charge is 2.18. The summed E-state index contributed by atoms with van der Waals surface area (Å²) in [4.78, 5) is 11.0. The van der Waals surface area contributed by atoms with Crippen LogP contribution in [0.15, 0.2) is 0 Å². The molecule has 88 valence electrons. The van der Waals surface area contributed by atoms with Crippen molar-refractivity contribution in [2.24, 2.45) is 5.73 Å². The lowest BCUT2D eigenvalue weighted by atomic mass is 9.98. The van der Waals surface area contributed by atoms with Crippen LogP contribution in [0.5, 0.6) is 0 Å². The summed E-state index contributed by atoms with van der Waals surface area (Å²) >= 11 is 0. The van der Waals surface area contributed by atoms with Crippen LogP contribution >= 0.6 is 0 Å². The molecule has 0 aliphatic heterocycles. The number of likely N-dealkylation sites (N-methyl/N-ethyl adjacent to an activating group) is 1. The highest BCUT2D eigenvalue weighted by atomic mass is 16.5. The van der Waals surface area contributed by atoms with Crippen LogP contribution in [0.1, 0.15) is 39.0 Å². The first kappa shape index (κ1) is 12.5. The van der Waals surface area contributed by atoms with Crippen molar-refractivity contribution in [3.8, 4) is 0 Å². The van der Waals surface area contributed by atoms with Crippen molar-refractivity contribution in [1.82, 2.24) is 5.32 Å². The van der Waals surface area contributed by atoms with Crippen molar-refractivity contribution in [3.05, 3.63) is 0 Å². The Morgan fingerprint density at radius 3 is 2.67 bits per heavy atom. The number of amides is 1. The van der Waals surface area contributed by atoms with Gasteiger partial charge in [0.25, 0.3) is 0 Å². The van der Waals surface area contributed by atoms with Crippen molar-refractivity contribution >= 4 is 5.91 Å². The maximum absolute atomic E-state index is 11.0. The molecule has 1 amide bonds. The highest BCUT2D eigenvalue weighted by molar-refractivity contribution is 5.79. The van der Waals surface area contributed by atoms with Gasteiger partial charge in [-0.3, -0.25) is 4.79 Å². The zero-order chi connectivity index (χ0) is 11.1. The summed E-state index contributed by atoms with van der Waals surface area (Å²) in [5, 5.41) is 3.02. The second kappa shape index (κ2) is 6.80. The van der Waals surface area contributed by atoms with Crippen LogP contribution in [0.3, 0.4) is 0 Å². The van der Waals surface area contributed by atoms with Crippen LogP contribution < -0.4 is 11.1 Å². The maximum atomic E-state index is 11.0. The number of ether oxygens (including phenoxy) is 1. The molecule has 0 saturated heterocycles. The van der Waals surface area contributed by atoms with Crippen molar-refractivity contribution < 1.29 is 9.53 Å². The Kier molecular flexibility index (Phi) is 5.65. The minimum atomic E-state index is -0.336. The SMILES string of the molecule is CCNC(COC1CCCCC1)C(N)=O. The Bertz CT molecular complexity index is 191. The van der Waals surface area contributed by atoms with Crippen LogP contribution in [0, 0.1) is 0 Å². The van der Waals surface area contributed by atoms with Crippen LogP contribution in [0.4, 0.5) is 0 Å². The fourth-order valence-corrected chi connectivity index (χ4v) is 1.95. The summed E-state index contributed by atoms with van der Waals surface area (Å²) in [6.07, 6.45) is 6.38. The molecule has 0 aromatic carbocycles. The largest absolute Gasteiger partial charge is 0.376 e. The summed E-state index contributed by atoms with van der Waals surface area (Å²) < 4.78 is 5.70. The van der Waals surface area contributed by atoms with Crippen molar-refractivity contribution in [2.75, 3.05) is 13.2 Å². The molecular formula is C11H22N2O2. The standard InChI is InChI=1S/C11H22N2O2/c1-2-13-10(11(12)14)8-15-9-6-4-3-5-7-9/h9-10,13H,2-8H2,1H3,(H2,12,14). The molecule has 15 heavy (non-hydrogen) atoms. The van der Waals surface area contributed by atoms with E-state index in [0.717, 1.165) is 19.4 Å². The van der Waals surface area contributed by atoms with Crippen molar-refractivity contribution in [2.45, 2.75) is 51.2 Å². The molecule has 1 atom stereocenters. The van der Waals surface area contributed by atoms with E-state index in [9.17, 15) is 4.79 Å². The number of nitrogens with two attached hydrogens (primary N) is 1. The number of carbonyl (C=O) groups excluding carboxylic acids is 1. The van der Waals surface area contributed by atoms with Gasteiger partial charge < -0.3 is 15.8 Å². The van der Waals surface area contributed by atoms with Gasteiger partial charge in [0.15, 0.2) is 0 Å². The molecule has 0 aromatic heterocycles. The summed E-state index contributed by atoms with van der Waals surface area (Å²) in [6.45, 7) is 3.10. The molecule has 1 fully saturated rings. The van der Waals surface area contributed by atoms with E-state index in [2.05, 4.69) is 5.32 Å². The smallest absolute Gasteiger partial charge is 0.236 e. The van der Waals surface area contributed by atoms with E-state index in [1.807, 2.05) is 6.92 Å². The third-order valence-corrected chi connectivity index (χ3v) is 2.84. The van der Waals surface area contributed by atoms with Gasteiger partial charge in [-0.25, -0.2) is 0 Å². The first-order valence-corrected chi connectivity index (χ1v) is 5.88. The number of hydrogen-bond acceptors (Lipinski definition) is 3. The minimum absolute atomic E-state index is 0.326. The first-order chi connectivity index (χ1) is 7.24. The first-order valence-electron chi connectivity index (χ1n) is 5.88. The Balaban J connectivity index is 2.22. The molecule has 0 radical (unpaired) electrons. The van der Waals surface area contributed by atoms with E-state index in [1.54, 1.807) is 0 Å². The fraction of sp³-hybridized carbons (Fsp3) is 0.909. The predicted molar refractivity (Wildman–Crippen MR) is 59.5 cm³/mol. The molecule has 1 saturated carbocycles. The van der Waals surface area contributed by atoms with Crippen LogP contribution in [-0.2, 0) is 9.53 Å². The predicted octanol–water partition coefficient (Wildman–Crippen LogP) is 0.799. The number of carbonyl (C=O) groups is 1. The molecule has 0 bridgehead atoms. The Morgan fingerprint density at radius 1 is 1.47 bits per heavy atom.